The largest absolute Gasteiger partial charge is 0.496 e. The molecule has 0 N–H and O–H groups in total. The summed E-state index contributed by atoms with van der Waals surface area (Å²) in [6, 6.07) is 16.3. The first-order chi connectivity index (χ1) is 15.4. The second-order valence-corrected chi connectivity index (χ2v) is 7.83. The van der Waals surface area contributed by atoms with Gasteiger partial charge in [-0.3, -0.25) is 4.79 Å². The van der Waals surface area contributed by atoms with Gasteiger partial charge in [0.25, 0.3) is 0 Å². The molecule has 3 rings (SSSR count). The number of hydrogen-bond donors (Lipinski definition) is 0. The molecule has 0 radical (unpaired) electrons. The monoisotopic (exact) mass is 522 g/mol. The normalized spacial score (nSPS) is 11.1. The predicted molar refractivity (Wildman–Crippen MR) is 123 cm³/mol. The van der Waals surface area contributed by atoms with E-state index >= 15 is 0 Å². The molecule has 3 aromatic carbocycles. The van der Waals surface area contributed by atoms with E-state index in [1.807, 2.05) is 6.07 Å². The summed E-state index contributed by atoms with van der Waals surface area (Å²) in [5, 5.41) is 0.588. The summed E-state index contributed by atoms with van der Waals surface area (Å²) in [7, 11) is 1.56. The van der Waals surface area contributed by atoms with Gasteiger partial charge in [-0.1, -0.05) is 35.9 Å². The zero-order valence-corrected chi connectivity index (χ0v) is 19.2. The Hall–Kier alpha value is -2.90. The zero-order chi connectivity index (χ0) is 23.1. The van der Waals surface area contributed by atoms with Crippen molar-refractivity contribution in [1.29, 1.82) is 0 Å². The quantitative estimate of drug-likeness (QED) is 0.220. The molecule has 0 bridgehead atoms. The summed E-state index contributed by atoms with van der Waals surface area (Å²) in [6.45, 7) is -2.73. The molecule has 0 aromatic heterocycles. The average molecular weight is 524 g/mol. The minimum absolute atomic E-state index is 0.0727. The maximum Gasteiger partial charge on any atom is 0.387 e. The number of carbonyl (C=O) groups is 1. The molecule has 0 amide bonds. The van der Waals surface area contributed by atoms with Gasteiger partial charge in [0.15, 0.2) is 5.78 Å². The Morgan fingerprint density at radius 1 is 1.09 bits per heavy atom. The van der Waals surface area contributed by atoms with Gasteiger partial charge in [-0.05, 0) is 70.0 Å². The highest BCUT2D eigenvalue weighted by Crippen LogP contribution is 2.30. The molecular formula is C24H18BrClF2O4. The Morgan fingerprint density at radius 2 is 1.88 bits per heavy atom. The highest BCUT2D eigenvalue weighted by molar-refractivity contribution is 9.10. The summed E-state index contributed by atoms with van der Waals surface area (Å²) in [5.41, 5.74) is 1.76. The van der Waals surface area contributed by atoms with Crippen molar-refractivity contribution in [1.82, 2.24) is 0 Å². The fourth-order valence-electron chi connectivity index (χ4n) is 2.86. The van der Waals surface area contributed by atoms with Crippen molar-refractivity contribution in [2.24, 2.45) is 0 Å². The Kier molecular flexibility index (Phi) is 8.25. The Balaban J connectivity index is 1.74. The summed E-state index contributed by atoms with van der Waals surface area (Å²) < 4.78 is 41.1. The number of halogens is 4. The van der Waals surface area contributed by atoms with E-state index in [4.69, 9.17) is 21.1 Å². The highest BCUT2D eigenvalue weighted by atomic mass is 79.9. The molecule has 8 heteroatoms. The second-order valence-electron chi connectivity index (χ2n) is 6.54. The minimum Gasteiger partial charge on any atom is -0.496 e. The number of rotatable bonds is 9. The molecule has 32 heavy (non-hydrogen) atoms. The van der Waals surface area contributed by atoms with Crippen LogP contribution in [0.4, 0.5) is 8.78 Å². The summed E-state index contributed by atoms with van der Waals surface area (Å²) in [6.07, 6.45) is 2.99. The third-order valence-electron chi connectivity index (χ3n) is 4.35. The van der Waals surface area contributed by atoms with E-state index in [1.165, 1.54) is 30.3 Å². The maximum atomic E-state index is 12.4. The van der Waals surface area contributed by atoms with Gasteiger partial charge >= 0.3 is 6.61 Å². The van der Waals surface area contributed by atoms with Crippen LogP contribution in [0.5, 0.6) is 17.2 Å². The minimum atomic E-state index is -2.95. The van der Waals surface area contributed by atoms with Crippen molar-refractivity contribution < 1.29 is 27.8 Å². The molecule has 3 aromatic rings. The lowest BCUT2D eigenvalue weighted by molar-refractivity contribution is -0.0498. The van der Waals surface area contributed by atoms with Gasteiger partial charge in [0.1, 0.15) is 23.9 Å². The first-order valence-corrected chi connectivity index (χ1v) is 10.5. The first kappa shape index (κ1) is 23.8. The smallest absolute Gasteiger partial charge is 0.387 e. The van der Waals surface area contributed by atoms with Crippen LogP contribution >= 0.6 is 27.5 Å². The summed E-state index contributed by atoms with van der Waals surface area (Å²) in [5.74, 6) is 0.841. The zero-order valence-electron chi connectivity index (χ0n) is 16.9. The van der Waals surface area contributed by atoms with Gasteiger partial charge < -0.3 is 14.2 Å². The SMILES string of the molecule is COc1ccc(/C=C/C(=O)c2cccc(OC(F)F)c2)cc1COc1ccc(Cl)cc1Br. The van der Waals surface area contributed by atoms with Crippen LogP contribution in [0.2, 0.25) is 5.02 Å². The summed E-state index contributed by atoms with van der Waals surface area (Å²) in [4.78, 5) is 12.4. The number of methoxy groups -OCH3 is 1. The Morgan fingerprint density at radius 3 is 2.59 bits per heavy atom. The van der Waals surface area contributed by atoms with Crippen LogP contribution < -0.4 is 14.2 Å². The lowest BCUT2D eigenvalue weighted by Gasteiger charge is -2.12. The molecule has 0 unspecified atom stereocenters. The number of ether oxygens (including phenoxy) is 3. The van der Waals surface area contributed by atoms with Crippen molar-refractivity contribution in [2.75, 3.05) is 7.11 Å². The number of hydrogen-bond acceptors (Lipinski definition) is 4. The molecular weight excluding hydrogens is 506 g/mol. The van der Waals surface area contributed by atoms with Gasteiger partial charge in [0, 0.05) is 16.1 Å². The van der Waals surface area contributed by atoms with Gasteiger partial charge in [-0.2, -0.15) is 8.78 Å². The van der Waals surface area contributed by atoms with Gasteiger partial charge in [0.2, 0.25) is 0 Å². The van der Waals surface area contributed by atoms with Gasteiger partial charge in [-0.15, -0.1) is 0 Å². The molecule has 166 valence electrons. The number of benzene rings is 3. The van der Waals surface area contributed by atoms with Crippen LogP contribution in [0.3, 0.4) is 0 Å². The Bertz CT molecular complexity index is 1130. The van der Waals surface area contributed by atoms with E-state index < -0.39 is 6.61 Å². The number of allylic oxidation sites excluding steroid dienone is 1. The lowest BCUT2D eigenvalue weighted by Crippen LogP contribution is -2.03. The summed E-state index contributed by atoms with van der Waals surface area (Å²) >= 11 is 9.37. The third-order valence-corrected chi connectivity index (χ3v) is 5.21. The van der Waals surface area contributed by atoms with Crippen LogP contribution in [-0.2, 0) is 6.61 Å². The van der Waals surface area contributed by atoms with E-state index in [1.54, 1.807) is 43.5 Å². The molecule has 4 nitrogen and oxygen atoms in total. The molecule has 0 aliphatic rings. The first-order valence-electron chi connectivity index (χ1n) is 9.38. The fraction of sp³-hybridized carbons (Fsp3) is 0.125. The van der Waals surface area contributed by atoms with Crippen molar-refractivity contribution >= 4 is 39.4 Å². The van der Waals surface area contributed by atoms with E-state index in [-0.39, 0.29) is 23.7 Å². The van der Waals surface area contributed by atoms with E-state index in [2.05, 4.69) is 20.7 Å². The molecule has 0 atom stereocenters. The fourth-order valence-corrected chi connectivity index (χ4v) is 3.65. The van der Waals surface area contributed by atoms with Crippen LogP contribution in [0.25, 0.3) is 6.08 Å². The molecule has 0 aliphatic carbocycles. The van der Waals surface area contributed by atoms with Crippen molar-refractivity contribution in [3.8, 4) is 17.2 Å². The second kappa shape index (κ2) is 11.1. The molecule has 0 saturated carbocycles. The number of ketones is 1. The van der Waals surface area contributed by atoms with Crippen LogP contribution in [-0.4, -0.2) is 19.5 Å². The molecule has 0 fully saturated rings. The number of carbonyl (C=O) groups excluding carboxylic acids is 1. The average Bonchev–Trinajstić information content (AvgIpc) is 2.76. The molecule has 0 heterocycles. The topological polar surface area (TPSA) is 44.8 Å². The molecule has 0 spiro atoms. The van der Waals surface area contributed by atoms with Crippen LogP contribution in [0.1, 0.15) is 21.5 Å². The van der Waals surface area contributed by atoms with Gasteiger partial charge in [0.05, 0.1) is 11.6 Å². The standard InChI is InChI=1S/C24H18BrClF2O4/c1-30-22-9-6-15(11-17(22)14-31-23-10-7-18(26)13-20(23)25)5-8-21(29)16-3-2-4-19(12-16)32-24(27)28/h2-13,24H,14H2,1H3/b8-5+. The molecule has 0 saturated heterocycles. The predicted octanol–water partition coefficient (Wildman–Crippen LogP) is 7.19. The van der Waals surface area contributed by atoms with E-state index in [0.717, 1.165) is 15.6 Å². The Labute approximate surface area is 197 Å². The highest BCUT2D eigenvalue weighted by Gasteiger charge is 2.09. The maximum absolute atomic E-state index is 12.4. The van der Waals surface area contributed by atoms with Crippen molar-refractivity contribution in [2.45, 2.75) is 13.2 Å². The third kappa shape index (κ3) is 6.55. The van der Waals surface area contributed by atoms with Crippen molar-refractivity contribution in [3.05, 3.63) is 92.9 Å². The van der Waals surface area contributed by atoms with Crippen LogP contribution in [0.15, 0.2) is 71.2 Å². The van der Waals surface area contributed by atoms with Crippen LogP contribution in [0, 0.1) is 0 Å². The van der Waals surface area contributed by atoms with Gasteiger partial charge in [-0.25, -0.2) is 0 Å². The molecule has 0 aliphatic heterocycles. The van der Waals surface area contributed by atoms with Crippen molar-refractivity contribution in [3.63, 3.8) is 0 Å². The number of alkyl halides is 2. The lowest BCUT2D eigenvalue weighted by atomic mass is 10.1. The van der Waals surface area contributed by atoms with E-state index in [0.29, 0.717) is 16.5 Å². The van der Waals surface area contributed by atoms with E-state index in [9.17, 15) is 13.6 Å².